The summed E-state index contributed by atoms with van der Waals surface area (Å²) < 4.78 is 16.4. The Balaban J connectivity index is 1.67. The van der Waals surface area contributed by atoms with E-state index < -0.39 is 0 Å². The number of thioether (sulfide) groups is 1. The summed E-state index contributed by atoms with van der Waals surface area (Å²) in [6.07, 6.45) is 1.63. The molecule has 0 spiro atoms. The maximum atomic E-state index is 12.7. The van der Waals surface area contributed by atoms with Crippen LogP contribution in [-0.4, -0.2) is 42.9 Å². The van der Waals surface area contributed by atoms with E-state index in [2.05, 4.69) is 0 Å². The van der Waals surface area contributed by atoms with Gasteiger partial charge in [0.1, 0.15) is 18.4 Å². The SMILES string of the molecule is COc1cc(/C=C2\SC(=O)N(CCOc3cc(C)ccc3C)C2=O)ccc1OCC#N. The van der Waals surface area contributed by atoms with E-state index in [-0.39, 0.29) is 30.9 Å². The first-order valence-electron chi connectivity index (χ1n) is 9.56. The molecule has 1 saturated heterocycles. The smallest absolute Gasteiger partial charge is 0.293 e. The van der Waals surface area contributed by atoms with Crippen LogP contribution in [0, 0.1) is 25.2 Å². The summed E-state index contributed by atoms with van der Waals surface area (Å²) in [5.41, 5.74) is 2.75. The molecule has 0 radical (unpaired) electrons. The highest BCUT2D eigenvalue weighted by atomic mass is 32.2. The van der Waals surface area contributed by atoms with E-state index in [0.29, 0.717) is 22.0 Å². The first-order valence-corrected chi connectivity index (χ1v) is 10.4. The molecule has 1 heterocycles. The van der Waals surface area contributed by atoms with Gasteiger partial charge in [-0.05, 0) is 66.6 Å². The highest BCUT2D eigenvalue weighted by molar-refractivity contribution is 8.18. The summed E-state index contributed by atoms with van der Waals surface area (Å²) in [6, 6.07) is 12.9. The molecular formula is C23H22N2O5S. The minimum absolute atomic E-state index is 0.0985. The lowest BCUT2D eigenvalue weighted by molar-refractivity contribution is -0.123. The second-order valence-electron chi connectivity index (χ2n) is 6.81. The van der Waals surface area contributed by atoms with Crippen LogP contribution < -0.4 is 14.2 Å². The predicted octanol–water partition coefficient (Wildman–Crippen LogP) is 4.33. The average Bonchev–Trinajstić information content (AvgIpc) is 3.02. The van der Waals surface area contributed by atoms with Gasteiger partial charge in [-0.3, -0.25) is 14.5 Å². The van der Waals surface area contributed by atoms with E-state index in [4.69, 9.17) is 19.5 Å². The number of nitrogens with zero attached hydrogens (tertiary/aromatic N) is 2. The van der Waals surface area contributed by atoms with Crippen molar-refractivity contribution >= 4 is 29.0 Å². The van der Waals surface area contributed by atoms with Crippen molar-refractivity contribution in [2.45, 2.75) is 13.8 Å². The van der Waals surface area contributed by atoms with Gasteiger partial charge in [0, 0.05) is 0 Å². The third-order valence-electron chi connectivity index (χ3n) is 4.57. The molecule has 0 aliphatic carbocycles. The lowest BCUT2D eigenvalue weighted by Gasteiger charge is -2.14. The molecule has 1 fully saturated rings. The first kappa shape index (κ1) is 22.2. The molecular weight excluding hydrogens is 416 g/mol. The summed E-state index contributed by atoms with van der Waals surface area (Å²) in [5, 5.41) is 8.32. The number of ether oxygens (including phenoxy) is 3. The minimum atomic E-state index is -0.358. The molecule has 3 rings (SSSR count). The Morgan fingerprint density at radius 1 is 1.06 bits per heavy atom. The van der Waals surface area contributed by atoms with E-state index in [1.54, 1.807) is 24.3 Å². The van der Waals surface area contributed by atoms with Crippen molar-refractivity contribution in [2.75, 3.05) is 26.9 Å². The number of rotatable bonds is 8. The topological polar surface area (TPSA) is 88.9 Å². The average molecular weight is 439 g/mol. The second-order valence-corrected chi connectivity index (χ2v) is 7.80. The number of imide groups is 1. The number of benzene rings is 2. The molecule has 0 bridgehead atoms. The van der Waals surface area contributed by atoms with Gasteiger partial charge in [0.2, 0.25) is 0 Å². The predicted molar refractivity (Wildman–Crippen MR) is 118 cm³/mol. The van der Waals surface area contributed by atoms with Crippen LogP contribution in [0.2, 0.25) is 0 Å². The monoisotopic (exact) mass is 438 g/mol. The summed E-state index contributed by atoms with van der Waals surface area (Å²) in [5.74, 6) is 1.25. The summed E-state index contributed by atoms with van der Waals surface area (Å²) in [7, 11) is 1.49. The van der Waals surface area contributed by atoms with E-state index in [9.17, 15) is 9.59 Å². The molecule has 0 saturated carbocycles. The van der Waals surface area contributed by atoms with Crippen molar-refractivity contribution in [1.29, 1.82) is 5.26 Å². The van der Waals surface area contributed by atoms with Gasteiger partial charge in [-0.1, -0.05) is 18.2 Å². The largest absolute Gasteiger partial charge is 0.493 e. The Bertz CT molecular complexity index is 1070. The standard InChI is InChI=1S/C23H22N2O5S/c1-15-4-5-16(2)19(12-15)30-11-9-25-22(26)21(31-23(25)27)14-17-6-7-18(29-10-8-24)20(13-17)28-3/h4-7,12-14H,9-11H2,1-3H3/b21-14-. The van der Waals surface area contributed by atoms with Crippen LogP contribution in [-0.2, 0) is 4.79 Å². The fourth-order valence-electron chi connectivity index (χ4n) is 2.96. The summed E-state index contributed by atoms with van der Waals surface area (Å²) >= 11 is 0.888. The fourth-order valence-corrected chi connectivity index (χ4v) is 3.82. The molecule has 31 heavy (non-hydrogen) atoms. The number of aryl methyl sites for hydroxylation is 2. The van der Waals surface area contributed by atoms with E-state index in [1.165, 1.54) is 12.0 Å². The van der Waals surface area contributed by atoms with Crippen molar-refractivity contribution in [3.05, 3.63) is 58.0 Å². The molecule has 0 aromatic heterocycles. The third-order valence-corrected chi connectivity index (χ3v) is 5.47. The number of amides is 2. The highest BCUT2D eigenvalue weighted by Gasteiger charge is 2.34. The van der Waals surface area contributed by atoms with Gasteiger partial charge in [0.15, 0.2) is 18.1 Å². The lowest BCUT2D eigenvalue weighted by atomic mass is 10.1. The number of methoxy groups -OCH3 is 1. The van der Waals surface area contributed by atoms with Crippen molar-refractivity contribution in [3.8, 4) is 23.3 Å². The van der Waals surface area contributed by atoms with E-state index in [0.717, 1.165) is 28.6 Å². The maximum absolute atomic E-state index is 12.7. The first-order chi connectivity index (χ1) is 14.9. The Morgan fingerprint density at radius 3 is 2.61 bits per heavy atom. The number of nitriles is 1. The quantitative estimate of drug-likeness (QED) is 0.567. The van der Waals surface area contributed by atoms with Crippen molar-refractivity contribution < 1.29 is 23.8 Å². The van der Waals surface area contributed by atoms with Crippen LogP contribution in [0.15, 0.2) is 41.3 Å². The second kappa shape index (κ2) is 10.0. The van der Waals surface area contributed by atoms with Gasteiger partial charge >= 0.3 is 0 Å². The van der Waals surface area contributed by atoms with E-state index >= 15 is 0 Å². The van der Waals surface area contributed by atoms with Crippen LogP contribution >= 0.6 is 11.8 Å². The number of hydrogen-bond acceptors (Lipinski definition) is 7. The van der Waals surface area contributed by atoms with Crippen molar-refractivity contribution in [2.24, 2.45) is 0 Å². The Morgan fingerprint density at radius 2 is 1.87 bits per heavy atom. The highest BCUT2D eigenvalue weighted by Crippen LogP contribution is 2.34. The molecule has 0 N–H and O–H groups in total. The zero-order valence-electron chi connectivity index (χ0n) is 17.5. The van der Waals surface area contributed by atoms with Gasteiger partial charge in [-0.15, -0.1) is 0 Å². The van der Waals surface area contributed by atoms with Gasteiger partial charge in [0.25, 0.3) is 11.1 Å². The van der Waals surface area contributed by atoms with Crippen LogP contribution in [0.5, 0.6) is 17.2 Å². The molecule has 1 aliphatic rings. The Labute approximate surface area is 185 Å². The fraction of sp³-hybridized carbons (Fsp3) is 0.261. The zero-order chi connectivity index (χ0) is 22.4. The minimum Gasteiger partial charge on any atom is -0.493 e. The number of carbonyl (C=O) groups excluding carboxylic acids is 2. The van der Waals surface area contributed by atoms with Crippen molar-refractivity contribution in [1.82, 2.24) is 4.90 Å². The van der Waals surface area contributed by atoms with Crippen LogP contribution in [0.1, 0.15) is 16.7 Å². The Kier molecular flexibility index (Phi) is 7.21. The van der Waals surface area contributed by atoms with Gasteiger partial charge in [0.05, 0.1) is 18.6 Å². The molecule has 0 atom stereocenters. The summed E-state index contributed by atoms with van der Waals surface area (Å²) in [4.78, 5) is 26.6. The van der Waals surface area contributed by atoms with E-state index in [1.807, 2.05) is 38.1 Å². The summed E-state index contributed by atoms with van der Waals surface area (Å²) in [6.45, 7) is 4.21. The number of hydrogen-bond donors (Lipinski definition) is 0. The van der Waals surface area contributed by atoms with Crippen molar-refractivity contribution in [3.63, 3.8) is 0 Å². The Hall–Kier alpha value is -3.44. The van der Waals surface area contributed by atoms with Gasteiger partial charge < -0.3 is 14.2 Å². The molecule has 0 unspecified atom stereocenters. The number of carbonyl (C=O) groups is 2. The molecule has 8 heteroatoms. The normalized spacial score (nSPS) is 14.6. The third kappa shape index (κ3) is 5.38. The van der Waals surface area contributed by atoms with Crippen LogP contribution in [0.25, 0.3) is 6.08 Å². The van der Waals surface area contributed by atoms with Crippen LogP contribution in [0.3, 0.4) is 0 Å². The van der Waals surface area contributed by atoms with Gasteiger partial charge in [-0.2, -0.15) is 5.26 Å². The molecule has 2 aromatic carbocycles. The molecule has 1 aliphatic heterocycles. The zero-order valence-corrected chi connectivity index (χ0v) is 18.3. The van der Waals surface area contributed by atoms with Gasteiger partial charge in [-0.25, -0.2) is 0 Å². The molecule has 2 amide bonds. The maximum Gasteiger partial charge on any atom is 0.293 e. The molecule has 2 aromatic rings. The van der Waals surface area contributed by atoms with Crippen LogP contribution in [0.4, 0.5) is 4.79 Å². The molecule has 160 valence electrons. The molecule has 7 nitrogen and oxygen atoms in total. The lowest BCUT2D eigenvalue weighted by Crippen LogP contribution is -2.32.